The molecule has 1 aliphatic rings. The molecule has 1 saturated carbocycles. The molecule has 2 N–H and O–H groups in total. The van der Waals surface area contributed by atoms with E-state index in [9.17, 15) is 23.1 Å². The van der Waals surface area contributed by atoms with Crippen LogP contribution in [-0.2, 0) is 6.42 Å². The van der Waals surface area contributed by atoms with Gasteiger partial charge in [-0.15, -0.1) is 0 Å². The summed E-state index contributed by atoms with van der Waals surface area (Å²) in [7, 11) is 0. The van der Waals surface area contributed by atoms with E-state index < -0.39 is 34.6 Å². The molecule has 0 aromatic heterocycles. The fourth-order valence-corrected chi connectivity index (χ4v) is 1.64. The Hall–Kier alpha value is -1.56. The smallest absolute Gasteiger partial charge is 0.341 e. The van der Waals surface area contributed by atoms with Crippen LogP contribution in [0.25, 0.3) is 0 Å². The lowest BCUT2D eigenvalue weighted by Gasteiger charge is -2.10. The number of rotatable bonds is 3. The van der Waals surface area contributed by atoms with Gasteiger partial charge in [0, 0.05) is 6.42 Å². The van der Waals surface area contributed by atoms with Crippen LogP contribution in [0.15, 0.2) is 6.07 Å². The highest BCUT2D eigenvalue weighted by molar-refractivity contribution is 5.88. The average Bonchev–Trinajstić information content (AvgIpc) is 2.92. The lowest BCUT2D eigenvalue weighted by molar-refractivity contribution is 0.0685. The number of hydrogen-bond acceptors (Lipinski definition) is 2. The van der Waals surface area contributed by atoms with Gasteiger partial charge in [0.05, 0.1) is 5.60 Å². The van der Waals surface area contributed by atoms with Gasteiger partial charge in [-0.05, 0) is 24.5 Å². The Kier molecular flexibility index (Phi) is 2.61. The Morgan fingerprint density at radius 1 is 1.29 bits per heavy atom. The Bertz CT molecular complexity index is 495. The zero-order chi connectivity index (χ0) is 12.8. The zero-order valence-electron chi connectivity index (χ0n) is 8.64. The molecule has 0 amide bonds. The third kappa shape index (κ3) is 2.12. The van der Waals surface area contributed by atoms with E-state index >= 15 is 0 Å². The molecule has 6 heteroatoms. The topological polar surface area (TPSA) is 57.5 Å². The molecule has 1 fully saturated rings. The van der Waals surface area contributed by atoms with Gasteiger partial charge in [-0.25, -0.2) is 18.0 Å². The summed E-state index contributed by atoms with van der Waals surface area (Å²) in [5.74, 6) is -6.34. The molecule has 1 aromatic rings. The molecular weight excluding hydrogens is 237 g/mol. The molecule has 0 heterocycles. The van der Waals surface area contributed by atoms with E-state index in [2.05, 4.69) is 0 Å². The van der Waals surface area contributed by atoms with Crippen molar-refractivity contribution >= 4 is 5.97 Å². The minimum absolute atomic E-state index is 0.216. The van der Waals surface area contributed by atoms with Crippen molar-refractivity contribution in [2.75, 3.05) is 0 Å². The molecule has 2 rings (SSSR count). The quantitative estimate of drug-likeness (QED) is 0.800. The standard InChI is InChI=1S/C11H9F3O3/c12-6-3-5(4-11(17)1-2-11)8(13)9(14)7(6)10(15)16/h3,17H,1-2,4H2,(H,15,16). The van der Waals surface area contributed by atoms with Crippen LogP contribution < -0.4 is 0 Å². The van der Waals surface area contributed by atoms with Crippen molar-refractivity contribution in [3.8, 4) is 0 Å². The lowest BCUT2D eigenvalue weighted by atomic mass is 10.0. The fraction of sp³-hybridized carbons (Fsp3) is 0.364. The van der Waals surface area contributed by atoms with Gasteiger partial charge in [-0.1, -0.05) is 0 Å². The first-order chi connectivity index (χ1) is 7.84. The highest BCUT2D eigenvalue weighted by Gasteiger charge is 2.41. The van der Waals surface area contributed by atoms with E-state index in [1.54, 1.807) is 0 Å². The second kappa shape index (κ2) is 3.73. The van der Waals surface area contributed by atoms with Crippen LogP contribution in [0.2, 0.25) is 0 Å². The Morgan fingerprint density at radius 2 is 1.88 bits per heavy atom. The maximum absolute atomic E-state index is 13.4. The number of halogens is 3. The van der Waals surface area contributed by atoms with Gasteiger partial charge in [0.15, 0.2) is 11.6 Å². The largest absolute Gasteiger partial charge is 0.477 e. The van der Waals surface area contributed by atoms with Gasteiger partial charge in [0.25, 0.3) is 0 Å². The number of carboxylic acids is 1. The van der Waals surface area contributed by atoms with Gasteiger partial charge in [-0.2, -0.15) is 0 Å². The van der Waals surface area contributed by atoms with Crippen molar-refractivity contribution in [3.63, 3.8) is 0 Å². The number of benzene rings is 1. The van der Waals surface area contributed by atoms with Crippen LogP contribution in [0.1, 0.15) is 28.8 Å². The van der Waals surface area contributed by atoms with Crippen LogP contribution in [0.5, 0.6) is 0 Å². The van der Waals surface area contributed by atoms with Gasteiger partial charge >= 0.3 is 5.97 Å². The van der Waals surface area contributed by atoms with Crippen molar-refractivity contribution in [1.82, 2.24) is 0 Å². The molecule has 0 radical (unpaired) electrons. The van der Waals surface area contributed by atoms with E-state index in [-0.39, 0.29) is 12.0 Å². The monoisotopic (exact) mass is 246 g/mol. The first-order valence-corrected chi connectivity index (χ1v) is 4.96. The summed E-state index contributed by atoms with van der Waals surface area (Å²) >= 11 is 0. The Morgan fingerprint density at radius 3 is 2.35 bits per heavy atom. The number of carbonyl (C=O) groups is 1. The molecule has 92 valence electrons. The normalized spacial score (nSPS) is 16.9. The van der Waals surface area contributed by atoms with Crippen LogP contribution in [0.3, 0.4) is 0 Å². The van der Waals surface area contributed by atoms with Gasteiger partial charge in [-0.3, -0.25) is 0 Å². The van der Waals surface area contributed by atoms with Crippen LogP contribution in [0.4, 0.5) is 13.2 Å². The summed E-state index contributed by atoms with van der Waals surface area (Å²) in [6.07, 6.45) is 0.666. The van der Waals surface area contributed by atoms with Gasteiger partial charge in [0.2, 0.25) is 0 Å². The number of aromatic carboxylic acids is 1. The molecule has 0 atom stereocenters. The van der Waals surface area contributed by atoms with E-state index in [4.69, 9.17) is 5.11 Å². The Balaban J connectivity index is 2.46. The predicted molar refractivity (Wildman–Crippen MR) is 51.2 cm³/mol. The van der Waals surface area contributed by atoms with Crippen LogP contribution in [0, 0.1) is 17.5 Å². The van der Waals surface area contributed by atoms with Crippen LogP contribution >= 0.6 is 0 Å². The van der Waals surface area contributed by atoms with Gasteiger partial charge < -0.3 is 10.2 Å². The summed E-state index contributed by atoms with van der Waals surface area (Å²) < 4.78 is 40.0. The highest BCUT2D eigenvalue weighted by Crippen LogP contribution is 2.39. The minimum Gasteiger partial charge on any atom is -0.477 e. The molecule has 1 aromatic carbocycles. The minimum atomic E-state index is -1.87. The summed E-state index contributed by atoms with van der Waals surface area (Å²) in [5.41, 5.74) is -2.76. The third-order valence-corrected chi connectivity index (χ3v) is 2.79. The lowest BCUT2D eigenvalue weighted by Crippen LogP contribution is -2.15. The first kappa shape index (κ1) is 11.9. The number of carboxylic acid groups (broad SMARTS) is 1. The van der Waals surface area contributed by atoms with Crippen LogP contribution in [-0.4, -0.2) is 21.8 Å². The highest BCUT2D eigenvalue weighted by atomic mass is 19.2. The number of hydrogen-bond donors (Lipinski definition) is 2. The second-order valence-corrected chi connectivity index (χ2v) is 4.23. The first-order valence-electron chi connectivity index (χ1n) is 4.96. The molecule has 0 saturated heterocycles. The molecule has 17 heavy (non-hydrogen) atoms. The second-order valence-electron chi connectivity index (χ2n) is 4.23. The molecular formula is C11H9F3O3. The summed E-state index contributed by atoms with van der Waals surface area (Å²) in [6, 6.07) is 0.623. The van der Waals surface area contributed by atoms with Crippen molar-refractivity contribution in [2.45, 2.75) is 24.9 Å². The SMILES string of the molecule is O=C(O)c1c(F)cc(CC2(O)CC2)c(F)c1F. The predicted octanol–water partition coefficient (Wildman–Crippen LogP) is 1.87. The molecule has 0 aliphatic heterocycles. The van der Waals surface area contributed by atoms with Crippen molar-refractivity contribution in [1.29, 1.82) is 0 Å². The van der Waals surface area contributed by atoms with Crippen molar-refractivity contribution in [2.24, 2.45) is 0 Å². The molecule has 3 nitrogen and oxygen atoms in total. The fourth-order valence-electron chi connectivity index (χ4n) is 1.64. The third-order valence-electron chi connectivity index (χ3n) is 2.79. The average molecular weight is 246 g/mol. The summed E-state index contributed by atoms with van der Waals surface area (Å²) in [4.78, 5) is 10.5. The van der Waals surface area contributed by atoms with E-state index in [1.165, 1.54) is 0 Å². The molecule has 0 spiro atoms. The maximum atomic E-state index is 13.4. The van der Waals surface area contributed by atoms with Gasteiger partial charge in [0.1, 0.15) is 11.4 Å². The molecule has 1 aliphatic carbocycles. The summed E-state index contributed by atoms with van der Waals surface area (Å²) in [5, 5.41) is 18.0. The zero-order valence-corrected chi connectivity index (χ0v) is 8.64. The molecule has 0 bridgehead atoms. The van der Waals surface area contributed by atoms with Crippen molar-refractivity contribution < 1.29 is 28.2 Å². The van der Waals surface area contributed by atoms with E-state index in [1.807, 2.05) is 0 Å². The van der Waals surface area contributed by atoms with E-state index in [0.717, 1.165) is 0 Å². The maximum Gasteiger partial charge on any atom is 0.341 e. The van der Waals surface area contributed by atoms with Crippen molar-refractivity contribution in [3.05, 3.63) is 34.6 Å². The summed E-state index contributed by atoms with van der Waals surface area (Å²) in [6.45, 7) is 0. The van der Waals surface area contributed by atoms with E-state index in [0.29, 0.717) is 18.9 Å². The number of aliphatic hydroxyl groups is 1. The molecule has 0 unspecified atom stereocenters. The Labute approximate surface area is 94.5 Å².